The van der Waals surface area contributed by atoms with Gasteiger partial charge in [0.25, 0.3) is 0 Å². The van der Waals surface area contributed by atoms with Crippen molar-refractivity contribution >= 4 is 0 Å². The number of nitrogens with one attached hydrogen (secondary N) is 1. The highest BCUT2D eigenvalue weighted by molar-refractivity contribution is 4.79. The van der Waals surface area contributed by atoms with Crippen LogP contribution < -0.4 is 11.1 Å². The predicted molar refractivity (Wildman–Crippen MR) is 68.5 cm³/mol. The Hall–Kier alpha value is -0.120. The minimum Gasteiger partial charge on any atom is -0.379 e. The molecule has 0 aliphatic carbocycles. The molecule has 1 saturated heterocycles. The molecular weight excluding hydrogens is 200 g/mol. The molecule has 2 unspecified atom stereocenters. The SMILES string of the molecule is CCCCCCCCNCC1COCC1N. The summed E-state index contributed by atoms with van der Waals surface area (Å²) in [4.78, 5) is 0. The summed E-state index contributed by atoms with van der Waals surface area (Å²) < 4.78 is 5.33. The van der Waals surface area contributed by atoms with Crippen LogP contribution in [0.15, 0.2) is 0 Å². The van der Waals surface area contributed by atoms with Crippen LogP contribution in [0.3, 0.4) is 0 Å². The molecule has 0 aromatic carbocycles. The van der Waals surface area contributed by atoms with Gasteiger partial charge < -0.3 is 15.8 Å². The van der Waals surface area contributed by atoms with Gasteiger partial charge >= 0.3 is 0 Å². The Morgan fingerprint density at radius 1 is 1.12 bits per heavy atom. The fraction of sp³-hybridized carbons (Fsp3) is 1.00. The second-order valence-electron chi connectivity index (χ2n) is 4.93. The van der Waals surface area contributed by atoms with Crippen LogP contribution >= 0.6 is 0 Å². The van der Waals surface area contributed by atoms with E-state index in [2.05, 4.69) is 12.2 Å². The van der Waals surface area contributed by atoms with Gasteiger partial charge in [0, 0.05) is 18.5 Å². The van der Waals surface area contributed by atoms with Gasteiger partial charge in [-0.3, -0.25) is 0 Å². The fourth-order valence-electron chi connectivity index (χ4n) is 2.14. The van der Waals surface area contributed by atoms with Gasteiger partial charge in [-0.05, 0) is 13.0 Å². The standard InChI is InChI=1S/C13H28N2O/c1-2-3-4-5-6-7-8-15-9-12-10-16-11-13(12)14/h12-13,15H,2-11,14H2,1H3. The van der Waals surface area contributed by atoms with Crippen LogP contribution in [0, 0.1) is 5.92 Å². The average molecular weight is 228 g/mol. The maximum absolute atomic E-state index is 5.91. The molecule has 3 nitrogen and oxygen atoms in total. The maximum atomic E-state index is 5.91. The van der Waals surface area contributed by atoms with Crippen LogP contribution in [0.2, 0.25) is 0 Å². The Morgan fingerprint density at radius 3 is 2.56 bits per heavy atom. The third-order valence-corrected chi connectivity index (χ3v) is 3.36. The summed E-state index contributed by atoms with van der Waals surface area (Å²) in [5.74, 6) is 0.528. The molecule has 2 atom stereocenters. The minimum atomic E-state index is 0.247. The lowest BCUT2D eigenvalue weighted by molar-refractivity contribution is 0.184. The van der Waals surface area contributed by atoms with Crippen molar-refractivity contribution in [3.05, 3.63) is 0 Å². The zero-order chi connectivity index (χ0) is 11.6. The molecule has 1 aliphatic heterocycles. The predicted octanol–water partition coefficient (Wildman–Crippen LogP) is 1.91. The molecule has 0 amide bonds. The molecule has 16 heavy (non-hydrogen) atoms. The van der Waals surface area contributed by atoms with Crippen molar-refractivity contribution in [2.24, 2.45) is 11.7 Å². The molecule has 1 rings (SSSR count). The molecule has 1 fully saturated rings. The number of nitrogens with two attached hydrogens (primary N) is 1. The van der Waals surface area contributed by atoms with Gasteiger partial charge in [0.2, 0.25) is 0 Å². The molecule has 0 bridgehead atoms. The summed E-state index contributed by atoms with van der Waals surface area (Å²) in [5, 5.41) is 3.49. The summed E-state index contributed by atoms with van der Waals surface area (Å²) in [6, 6.07) is 0.247. The summed E-state index contributed by atoms with van der Waals surface area (Å²) in [6.45, 7) is 5.99. The van der Waals surface area contributed by atoms with Crippen LogP contribution in [0.25, 0.3) is 0 Å². The zero-order valence-electron chi connectivity index (χ0n) is 10.7. The Balaban J connectivity index is 1.81. The lowest BCUT2D eigenvalue weighted by Gasteiger charge is -2.13. The van der Waals surface area contributed by atoms with E-state index in [0.717, 1.165) is 26.3 Å². The first kappa shape index (κ1) is 13.9. The van der Waals surface area contributed by atoms with Crippen LogP contribution in [0.1, 0.15) is 45.4 Å². The van der Waals surface area contributed by atoms with Crippen LogP contribution in [0.5, 0.6) is 0 Å². The average Bonchev–Trinajstić information content (AvgIpc) is 2.68. The summed E-state index contributed by atoms with van der Waals surface area (Å²) in [6.07, 6.45) is 8.17. The summed E-state index contributed by atoms with van der Waals surface area (Å²) in [7, 11) is 0. The minimum absolute atomic E-state index is 0.247. The number of hydrogen-bond acceptors (Lipinski definition) is 3. The van der Waals surface area contributed by atoms with Gasteiger partial charge in [0.1, 0.15) is 0 Å². The Morgan fingerprint density at radius 2 is 1.88 bits per heavy atom. The first-order chi connectivity index (χ1) is 7.84. The van der Waals surface area contributed by atoms with Gasteiger partial charge in [-0.25, -0.2) is 0 Å². The molecule has 0 aromatic heterocycles. The van der Waals surface area contributed by atoms with Crippen molar-refractivity contribution in [2.75, 3.05) is 26.3 Å². The first-order valence-electron chi connectivity index (χ1n) is 6.88. The van der Waals surface area contributed by atoms with Crippen LogP contribution in [0.4, 0.5) is 0 Å². The molecule has 0 spiro atoms. The van der Waals surface area contributed by atoms with Crippen molar-refractivity contribution in [1.29, 1.82) is 0 Å². The molecule has 0 aromatic rings. The van der Waals surface area contributed by atoms with Gasteiger partial charge in [-0.15, -0.1) is 0 Å². The second-order valence-corrected chi connectivity index (χ2v) is 4.93. The second kappa shape index (κ2) is 8.97. The third-order valence-electron chi connectivity index (χ3n) is 3.36. The van der Waals surface area contributed by atoms with E-state index in [1.807, 2.05) is 0 Å². The molecular formula is C13H28N2O. The maximum Gasteiger partial charge on any atom is 0.0621 e. The molecule has 0 saturated carbocycles. The Bertz CT molecular complexity index is 164. The third kappa shape index (κ3) is 5.83. The zero-order valence-corrected chi connectivity index (χ0v) is 10.7. The highest BCUT2D eigenvalue weighted by Crippen LogP contribution is 2.10. The summed E-state index contributed by atoms with van der Waals surface area (Å²) >= 11 is 0. The van der Waals surface area contributed by atoms with Gasteiger partial charge in [0.15, 0.2) is 0 Å². The molecule has 3 heteroatoms. The molecule has 1 heterocycles. The van der Waals surface area contributed by atoms with E-state index >= 15 is 0 Å². The van der Waals surface area contributed by atoms with E-state index in [4.69, 9.17) is 10.5 Å². The highest BCUT2D eigenvalue weighted by atomic mass is 16.5. The molecule has 1 aliphatic rings. The van der Waals surface area contributed by atoms with Crippen molar-refractivity contribution in [3.63, 3.8) is 0 Å². The van der Waals surface area contributed by atoms with Crippen LogP contribution in [-0.2, 0) is 4.74 Å². The fourth-order valence-corrected chi connectivity index (χ4v) is 2.14. The van der Waals surface area contributed by atoms with Crippen molar-refractivity contribution < 1.29 is 4.74 Å². The van der Waals surface area contributed by atoms with Crippen molar-refractivity contribution in [3.8, 4) is 0 Å². The van der Waals surface area contributed by atoms with Crippen molar-refractivity contribution in [1.82, 2.24) is 5.32 Å². The van der Waals surface area contributed by atoms with Gasteiger partial charge in [-0.1, -0.05) is 39.0 Å². The van der Waals surface area contributed by atoms with E-state index < -0.39 is 0 Å². The normalized spacial score (nSPS) is 25.1. The van der Waals surface area contributed by atoms with Crippen molar-refractivity contribution in [2.45, 2.75) is 51.5 Å². The van der Waals surface area contributed by atoms with Gasteiger partial charge in [-0.2, -0.15) is 0 Å². The van der Waals surface area contributed by atoms with Crippen LogP contribution in [-0.4, -0.2) is 32.3 Å². The first-order valence-corrected chi connectivity index (χ1v) is 6.88. The molecule has 0 radical (unpaired) electrons. The van der Waals surface area contributed by atoms with Gasteiger partial charge in [0.05, 0.1) is 13.2 Å². The lowest BCUT2D eigenvalue weighted by atomic mass is 10.1. The smallest absolute Gasteiger partial charge is 0.0621 e. The molecule has 96 valence electrons. The van der Waals surface area contributed by atoms with E-state index in [1.165, 1.54) is 38.5 Å². The highest BCUT2D eigenvalue weighted by Gasteiger charge is 2.23. The largest absolute Gasteiger partial charge is 0.379 e. The number of ether oxygens (including phenoxy) is 1. The number of rotatable bonds is 9. The number of hydrogen-bond donors (Lipinski definition) is 2. The lowest BCUT2D eigenvalue weighted by Crippen LogP contribution is -2.36. The van der Waals surface area contributed by atoms with E-state index in [0.29, 0.717) is 5.92 Å². The summed E-state index contributed by atoms with van der Waals surface area (Å²) in [5.41, 5.74) is 5.91. The van der Waals surface area contributed by atoms with E-state index in [9.17, 15) is 0 Å². The monoisotopic (exact) mass is 228 g/mol. The topological polar surface area (TPSA) is 47.3 Å². The van der Waals surface area contributed by atoms with E-state index in [-0.39, 0.29) is 6.04 Å². The van der Waals surface area contributed by atoms with E-state index in [1.54, 1.807) is 0 Å². The quantitative estimate of drug-likeness (QED) is 0.593. The Kier molecular flexibility index (Phi) is 7.81. The molecule has 3 N–H and O–H groups in total. The Labute approximate surface area is 100 Å². The number of unbranched alkanes of at least 4 members (excludes halogenated alkanes) is 5.